The second-order valence-electron chi connectivity index (χ2n) is 1.80. The Morgan fingerprint density at radius 1 is 1.30 bits per heavy atom. The monoisotopic (exact) mass is 155 g/mol. The van der Waals surface area contributed by atoms with Gasteiger partial charge in [0.05, 0.1) is 0 Å². The van der Waals surface area contributed by atoms with Crippen LogP contribution >= 0.6 is 12.4 Å². The number of rotatable bonds is 0. The average molecular weight is 156 g/mol. The molecule has 3 nitrogen and oxygen atoms in total. The van der Waals surface area contributed by atoms with Gasteiger partial charge in [-0.25, -0.2) is 0 Å². The highest BCUT2D eigenvalue weighted by Gasteiger charge is 1.87. The Hall–Kier alpha value is -1.09. The largest absolute Gasteiger partial charge is 0.289 e. The van der Waals surface area contributed by atoms with E-state index in [1.54, 1.807) is 6.33 Å². The molecular weight excluding hydrogens is 150 g/mol. The van der Waals surface area contributed by atoms with Gasteiger partial charge in [0.25, 0.3) is 0 Å². The minimum atomic E-state index is 0. The first-order valence-electron chi connectivity index (χ1n) is 2.71. The molecule has 2 aromatic rings. The van der Waals surface area contributed by atoms with Crippen LogP contribution in [0.25, 0.3) is 5.65 Å². The van der Waals surface area contributed by atoms with Gasteiger partial charge < -0.3 is 0 Å². The van der Waals surface area contributed by atoms with Gasteiger partial charge in [-0.2, -0.15) is 0 Å². The van der Waals surface area contributed by atoms with Gasteiger partial charge in [-0.3, -0.25) is 4.40 Å². The Morgan fingerprint density at radius 3 is 3.00 bits per heavy atom. The highest BCUT2D eigenvalue weighted by Crippen LogP contribution is 1.94. The first-order valence-corrected chi connectivity index (χ1v) is 2.71. The fraction of sp³-hybridized carbons (Fsp3) is 0. The predicted octanol–water partition coefficient (Wildman–Crippen LogP) is 1.15. The molecule has 0 fully saturated rings. The molecule has 0 radical (unpaired) electrons. The maximum absolute atomic E-state index is 3.83. The predicted molar refractivity (Wildman–Crippen MR) is 40.2 cm³/mol. The van der Waals surface area contributed by atoms with E-state index in [0.29, 0.717) is 0 Å². The van der Waals surface area contributed by atoms with Crippen molar-refractivity contribution in [3.8, 4) is 0 Å². The topological polar surface area (TPSA) is 30.2 Å². The van der Waals surface area contributed by atoms with E-state index in [-0.39, 0.29) is 12.4 Å². The summed E-state index contributed by atoms with van der Waals surface area (Å²) in [7, 11) is 0. The lowest BCUT2D eigenvalue weighted by atomic mass is 10.5. The number of hydrogen-bond acceptors (Lipinski definition) is 2. The van der Waals surface area contributed by atoms with Gasteiger partial charge in [-0.1, -0.05) is 6.07 Å². The van der Waals surface area contributed by atoms with Crippen molar-refractivity contribution in [2.24, 2.45) is 0 Å². The average Bonchev–Trinajstić information content (AvgIpc) is 2.33. The van der Waals surface area contributed by atoms with Gasteiger partial charge in [-0.05, 0) is 12.1 Å². The molecule has 0 unspecified atom stereocenters. The zero-order chi connectivity index (χ0) is 6.10. The third-order valence-electron chi connectivity index (χ3n) is 1.20. The molecule has 0 saturated heterocycles. The van der Waals surface area contributed by atoms with Crippen molar-refractivity contribution < 1.29 is 0 Å². The molecule has 2 heterocycles. The van der Waals surface area contributed by atoms with Crippen molar-refractivity contribution >= 4 is 18.1 Å². The van der Waals surface area contributed by atoms with Crippen molar-refractivity contribution in [3.05, 3.63) is 30.7 Å². The van der Waals surface area contributed by atoms with Crippen molar-refractivity contribution in [1.82, 2.24) is 14.6 Å². The van der Waals surface area contributed by atoms with Gasteiger partial charge in [0.15, 0.2) is 5.65 Å². The first-order chi connectivity index (χ1) is 4.47. The maximum Gasteiger partial charge on any atom is 0.160 e. The molecule has 0 aliphatic rings. The van der Waals surface area contributed by atoms with Crippen LogP contribution in [0.5, 0.6) is 0 Å². The van der Waals surface area contributed by atoms with Gasteiger partial charge in [-0.15, -0.1) is 22.6 Å². The van der Waals surface area contributed by atoms with Crippen molar-refractivity contribution in [2.75, 3.05) is 0 Å². The van der Waals surface area contributed by atoms with Crippen LogP contribution < -0.4 is 0 Å². The second kappa shape index (κ2) is 2.66. The lowest BCUT2D eigenvalue weighted by Crippen LogP contribution is -1.77. The fourth-order valence-corrected chi connectivity index (χ4v) is 0.770. The van der Waals surface area contributed by atoms with Crippen molar-refractivity contribution in [2.45, 2.75) is 0 Å². The maximum atomic E-state index is 3.83. The van der Waals surface area contributed by atoms with Crippen LogP contribution in [0.3, 0.4) is 0 Å². The smallest absolute Gasteiger partial charge is 0.160 e. The number of hydrogen-bond donors (Lipinski definition) is 0. The van der Waals surface area contributed by atoms with Crippen LogP contribution in [0, 0.1) is 0 Å². The molecule has 52 valence electrons. The standard InChI is InChI=1S/C6H5N3.ClH/c1-2-4-9-5-7-8-6(9)3-1;/h1-5H;1H. The van der Waals surface area contributed by atoms with E-state index in [1.807, 2.05) is 28.8 Å². The van der Waals surface area contributed by atoms with Gasteiger partial charge in [0.2, 0.25) is 0 Å². The third kappa shape index (κ3) is 0.953. The summed E-state index contributed by atoms with van der Waals surface area (Å²) in [5.74, 6) is 0. The van der Waals surface area contributed by atoms with Gasteiger partial charge >= 0.3 is 0 Å². The van der Waals surface area contributed by atoms with E-state index in [2.05, 4.69) is 10.2 Å². The van der Waals surface area contributed by atoms with E-state index in [4.69, 9.17) is 0 Å². The fourth-order valence-electron chi connectivity index (χ4n) is 0.770. The number of nitrogens with zero attached hydrogens (tertiary/aromatic N) is 3. The van der Waals surface area contributed by atoms with Gasteiger partial charge in [0, 0.05) is 6.20 Å². The van der Waals surface area contributed by atoms with Gasteiger partial charge in [0.1, 0.15) is 6.33 Å². The summed E-state index contributed by atoms with van der Waals surface area (Å²) in [5.41, 5.74) is 0.887. The molecule has 0 atom stereocenters. The zero-order valence-corrected chi connectivity index (χ0v) is 5.95. The molecule has 0 aliphatic heterocycles. The SMILES string of the molecule is Cl.c1ccn2cnnc2c1. The van der Waals surface area contributed by atoms with E-state index in [0.717, 1.165) is 5.65 Å². The first kappa shape index (κ1) is 7.02. The van der Waals surface area contributed by atoms with Crippen LogP contribution in [0.1, 0.15) is 0 Å². The van der Waals surface area contributed by atoms with E-state index in [9.17, 15) is 0 Å². The third-order valence-corrected chi connectivity index (χ3v) is 1.20. The van der Waals surface area contributed by atoms with Crippen molar-refractivity contribution in [1.29, 1.82) is 0 Å². The molecule has 4 heteroatoms. The van der Waals surface area contributed by atoms with Crippen LogP contribution in [0.15, 0.2) is 30.7 Å². The molecule has 0 bridgehead atoms. The van der Waals surface area contributed by atoms with Crippen LogP contribution in [0.4, 0.5) is 0 Å². The Morgan fingerprint density at radius 2 is 2.20 bits per heavy atom. The summed E-state index contributed by atoms with van der Waals surface area (Å²) < 4.78 is 1.86. The molecule has 0 aromatic carbocycles. The van der Waals surface area contributed by atoms with E-state index in [1.165, 1.54) is 0 Å². The molecule has 0 aliphatic carbocycles. The zero-order valence-electron chi connectivity index (χ0n) is 5.14. The Bertz CT molecular complexity index is 287. The number of fused-ring (bicyclic) bond motifs is 1. The Balaban J connectivity index is 0.000000500. The highest BCUT2D eigenvalue weighted by molar-refractivity contribution is 5.85. The Labute approximate surface area is 64.1 Å². The summed E-state index contributed by atoms with van der Waals surface area (Å²) >= 11 is 0. The second-order valence-corrected chi connectivity index (χ2v) is 1.80. The highest BCUT2D eigenvalue weighted by atomic mass is 35.5. The lowest BCUT2D eigenvalue weighted by molar-refractivity contribution is 1.10. The Kier molecular flexibility index (Phi) is 1.87. The van der Waals surface area contributed by atoms with Crippen LogP contribution in [-0.2, 0) is 0 Å². The summed E-state index contributed by atoms with van der Waals surface area (Å²) in [6.07, 6.45) is 3.59. The van der Waals surface area contributed by atoms with Crippen LogP contribution in [0.2, 0.25) is 0 Å². The van der Waals surface area contributed by atoms with E-state index < -0.39 is 0 Å². The molecule has 10 heavy (non-hydrogen) atoms. The minimum absolute atomic E-state index is 0. The number of halogens is 1. The summed E-state index contributed by atoms with van der Waals surface area (Å²) in [6.45, 7) is 0. The number of aromatic nitrogens is 3. The van der Waals surface area contributed by atoms with Crippen LogP contribution in [-0.4, -0.2) is 14.6 Å². The quantitative estimate of drug-likeness (QED) is 0.572. The van der Waals surface area contributed by atoms with Crippen molar-refractivity contribution in [3.63, 3.8) is 0 Å². The summed E-state index contributed by atoms with van der Waals surface area (Å²) in [6, 6.07) is 5.79. The lowest BCUT2D eigenvalue weighted by Gasteiger charge is -1.84. The summed E-state index contributed by atoms with van der Waals surface area (Å²) in [5, 5.41) is 7.55. The molecule has 2 rings (SSSR count). The van der Waals surface area contributed by atoms with E-state index >= 15 is 0 Å². The molecule has 0 saturated carbocycles. The molecule has 0 amide bonds. The molecule has 0 N–H and O–H groups in total. The normalized spacial score (nSPS) is 9.20. The molecular formula is C6H6ClN3. The molecule has 0 spiro atoms. The minimum Gasteiger partial charge on any atom is -0.289 e. The summed E-state index contributed by atoms with van der Waals surface area (Å²) in [4.78, 5) is 0. The number of pyridine rings is 1. The molecule has 2 aromatic heterocycles.